The van der Waals surface area contributed by atoms with Crippen LogP contribution in [0.25, 0.3) is 0 Å². The first kappa shape index (κ1) is 15.6. The molecule has 0 spiro atoms. The van der Waals surface area contributed by atoms with Gasteiger partial charge >= 0.3 is 0 Å². The first-order chi connectivity index (χ1) is 8.29. The highest BCUT2D eigenvalue weighted by molar-refractivity contribution is 14.0. The Balaban J connectivity index is 0.00000162. The predicted molar refractivity (Wildman–Crippen MR) is 90.3 cm³/mol. The summed E-state index contributed by atoms with van der Waals surface area (Å²) in [6, 6.07) is 4.77. The van der Waals surface area contributed by atoms with Crippen LogP contribution in [0.1, 0.15) is 19.8 Å². The summed E-state index contributed by atoms with van der Waals surface area (Å²) < 4.78 is 0. The minimum Gasteiger partial charge on any atom is -0.370 e. The van der Waals surface area contributed by atoms with Crippen LogP contribution in [0.4, 0.5) is 5.00 Å². The number of hydrogen-bond donors (Lipinski definition) is 2. The molecule has 0 radical (unpaired) electrons. The second-order valence-corrected chi connectivity index (χ2v) is 5.14. The van der Waals surface area contributed by atoms with Crippen molar-refractivity contribution in [1.82, 2.24) is 5.32 Å². The molecule has 1 saturated heterocycles. The number of nitrogens with zero attached hydrogens (tertiary/aromatic N) is 2. The minimum atomic E-state index is 0. The number of halogens is 1. The van der Waals surface area contributed by atoms with Crippen LogP contribution in [-0.4, -0.2) is 31.6 Å². The number of thiophene rings is 1. The molecule has 1 fully saturated rings. The van der Waals surface area contributed by atoms with Crippen LogP contribution in [-0.2, 0) is 0 Å². The molecule has 2 rings (SSSR count). The number of hydrogen-bond acceptors (Lipinski definition) is 3. The zero-order valence-electron chi connectivity index (χ0n) is 10.6. The number of rotatable bonds is 3. The maximum Gasteiger partial charge on any atom is 0.188 e. The Kier molecular flexibility index (Phi) is 6.77. The normalized spacial score (nSPS) is 17.4. The molecule has 0 aliphatic carbocycles. The molecule has 0 bridgehead atoms. The number of guanidine groups is 1. The minimum absolute atomic E-state index is 0. The van der Waals surface area contributed by atoms with E-state index in [2.05, 4.69) is 32.7 Å². The first-order valence-corrected chi connectivity index (χ1v) is 7.02. The molecule has 0 saturated carbocycles. The second-order valence-electron chi connectivity index (χ2n) is 4.22. The summed E-state index contributed by atoms with van der Waals surface area (Å²) in [5.74, 6) is 0.585. The Hall–Kier alpha value is -0.500. The van der Waals surface area contributed by atoms with Crippen LogP contribution in [0, 0.1) is 0 Å². The Bertz CT molecular complexity index is 358. The molecule has 1 aliphatic heterocycles. The molecule has 6 heteroatoms. The predicted octanol–water partition coefficient (Wildman–Crippen LogP) is 2.26. The van der Waals surface area contributed by atoms with Crippen LogP contribution >= 0.6 is 35.3 Å². The third-order valence-corrected chi connectivity index (χ3v) is 3.92. The van der Waals surface area contributed by atoms with Gasteiger partial charge in [0.2, 0.25) is 0 Å². The molecule has 0 amide bonds. The zero-order valence-corrected chi connectivity index (χ0v) is 13.8. The van der Waals surface area contributed by atoms with E-state index < -0.39 is 0 Å². The molecule has 2 heterocycles. The van der Waals surface area contributed by atoms with Crippen LogP contribution in [0.2, 0.25) is 0 Å². The van der Waals surface area contributed by atoms with Crippen molar-refractivity contribution >= 4 is 46.3 Å². The summed E-state index contributed by atoms with van der Waals surface area (Å²) in [6.45, 7) is 4.93. The largest absolute Gasteiger partial charge is 0.370 e. The highest BCUT2D eigenvalue weighted by Crippen LogP contribution is 2.24. The maximum atomic E-state index is 5.77. The topological polar surface area (TPSA) is 53.6 Å². The van der Waals surface area contributed by atoms with Crippen molar-refractivity contribution in [3.8, 4) is 0 Å². The Morgan fingerprint density at radius 3 is 2.83 bits per heavy atom. The Labute approximate surface area is 130 Å². The van der Waals surface area contributed by atoms with Crippen LogP contribution in [0.5, 0.6) is 0 Å². The summed E-state index contributed by atoms with van der Waals surface area (Å²) in [6.07, 6.45) is 2.25. The molecule has 1 aromatic rings. The van der Waals surface area contributed by atoms with E-state index in [0.717, 1.165) is 32.5 Å². The Morgan fingerprint density at radius 2 is 2.28 bits per heavy atom. The van der Waals surface area contributed by atoms with Gasteiger partial charge in [-0.05, 0) is 37.3 Å². The van der Waals surface area contributed by atoms with Gasteiger partial charge in [0.15, 0.2) is 5.96 Å². The van der Waals surface area contributed by atoms with Gasteiger partial charge < -0.3 is 16.0 Å². The lowest BCUT2D eigenvalue weighted by molar-refractivity contribution is 0.466. The molecule has 3 N–H and O–H groups in total. The summed E-state index contributed by atoms with van der Waals surface area (Å²) >= 11 is 1.81. The lowest BCUT2D eigenvalue weighted by Gasteiger charge is -2.33. The summed E-state index contributed by atoms with van der Waals surface area (Å²) in [4.78, 5) is 6.60. The van der Waals surface area contributed by atoms with E-state index in [1.165, 1.54) is 5.00 Å². The number of aliphatic imine (C=N–C) groups is 1. The summed E-state index contributed by atoms with van der Waals surface area (Å²) in [7, 11) is 0. The third kappa shape index (κ3) is 4.31. The van der Waals surface area contributed by atoms with E-state index in [4.69, 9.17) is 5.73 Å². The summed E-state index contributed by atoms with van der Waals surface area (Å²) in [5.41, 5.74) is 5.77. The van der Waals surface area contributed by atoms with Gasteiger partial charge in [-0.3, -0.25) is 4.99 Å². The Morgan fingerprint density at radius 1 is 1.56 bits per heavy atom. The van der Waals surface area contributed by atoms with Crippen LogP contribution in [0.3, 0.4) is 0 Å². The number of anilines is 1. The van der Waals surface area contributed by atoms with Crippen molar-refractivity contribution in [1.29, 1.82) is 0 Å². The smallest absolute Gasteiger partial charge is 0.188 e. The molecule has 4 nitrogen and oxygen atoms in total. The second kappa shape index (κ2) is 7.83. The van der Waals surface area contributed by atoms with Gasteiger partial charge in [-0.15, -0.1) is 35.3 Å². The third-order valence-electron chi connectivity index (χ3n) is 2.99. The molecule has 0 aromatic carbocycles. The quantitative estimate of drug-likeness (QED) is 0.481. The van der Waals surface area contributed by atoms with Gasteiger partial charge in [0.25, 0.3) is 0 Å². The van der Waals surface area contributed by atoms with Gasteiger partial charge in [0, 0.05) is 25.7 Å². The molecule has 1 aromatic heterocycles. The van der Waals surface area contributed by atoms with Crippen molar-refractivity contribution in [3.63, 3.8) is 0 Å². The molecule has 1 aliphatic rings. The van der Waals surface area contributed by atoms with Gasteiger partial charge in [-0.1, -0.05) is 0 Å². The average Bonchev–Trinajstić information content (AvgIpc) is 2.84. The van der Waals surface area contributed by atoms with E-state index in [0.29, 0.717) is 12.0 Å². The molecular weight excluding hydrogens is 359 g/mol. The molecule has 102 valence electrons. The van der Waals surface area contributed by atoms with Gasteiger partial charge in [-0.2, -0.15) is 0 Å². The number of nitrogens with two attached hydrogens (primary N) is 1. The fourth-order valence-corrected chi connectivity index (χ4v) is 2.90. The number of nitrogens with one attached hydrogen (secondary N) is 1. The molecular formula is C12H21IN4S. The van der Waals surface area contributed by atoms with Crippen molar-refractivity contribution in [2.75, 3.05) is 24.5 Å². The highest BCUT2D eigenvalue weighted by atomic mass is 127. The van der Waals surface area contributed by atoms with E-state index in [-0.39, 0.29) is 24.0 Å². The fraction of sp³-hybridized carbons (Fsp3) is 0.583. The van der Waals surface area contributed by atoms with E-state index in [9.17, 15) is 0 Å². The average molecular weight is 380 g/mol. The maximum absolute atomic E-state index is 5.77. The standard InChI is InChI=1S/C12H20N4S.HI/c1-2-14-12(13)15-10-5-7-16(8-6-10)11-4-3-9-17-11;/h3-4,9-10H,2,5-8H2,1H3,(H3,13,14,15);1H. The lowest BCUT2D eigenvalue weighted by Crippen LogP contribution is -2.47. The molecule has 18 heavy (non-hydrogen) atoms. The first-order valence-electron chi connectivity index (χ1n) is 6.14. The van der Waals surface area contributed by atoms with Crippen LogP contribution in [0.15, 0.2) is 22.5 Å². The van der Waals surface area contributed by atoms with Crippen LogP contribution < -0.4 is 16.0 Å². The van der Waals surface area contributed by atoms with E-state index >= 15 is 0 Å². The van der Waals surface area contributed by atoms with E-state index in [1.807, 2.05) is 18.3 Å². The highest BCUT2D eigenvalue weighted by Gasteiger charge is 2.19. The number of piperidine rings is 1. The molecule has 0 unspecified atom stereocenters. The van der Waals surface area contributed by atoms with Crippen molar-refractivity contribution in [3.05, 3.63) is 17.5 Å². The van der Waals surface area contributed by atoms with Crippen molar-refractivity contribution < 1.29 is 0 Å². The fourth-order valence-electron chi connectivity index (χ4n) is 2.12. The SMILES string of the molecule is CCN=C(N)NC1CCN(c2cccs2)CC1.I. The summed E-state index contributed by atoms with van der Waals surface area (Å²) in [5, 5.41) is 6.79. The monoisotopic (exact) mass is 380 g/mol. The molecule has 0 atom stereocenters. The van der Waals surface area contributed by atoms with Crippen molar-refractivity contribution in [2.45, 2.75) is 25.8 Å². The van der Waals surface area contributed by atoms with Gasteiger partial charge in [-0.25, -0.2) is 0 Å². The van der Waals surface area contributed by atoms with Crippen molar-refractivity contribution in [2.24, 2.45) is 10.7 Å². The zero-order chi connectivity index (χ0) is 12.1. The lowest BCUT2D eigenvalue weighted by atomic mass is 10.1. The van der Waals surface area contributed by atoms with E-state index in [1.54, 1.807) is 0 Å². The van der Waals surface area contributed by atoms with Gasteiger partial charge in [0.1, 0.15) is 0 Å². The van der Waals surface area contributed by atoms with Gasteiger partial charge in [0.05, 0.1) is 5.00 Å².